The van der Waals surface area contributed by atoms with Gasteiger partial charge in [-0.25, -0.2) is 19.6 Å². The van der Waals surface area contributed by atoms with E-state index >= 15 is 0 Å². The number of benzene rings is 4. The summed E-state index contributed by atoms with van der Waals surface area (Å²) in [5, 5.41) is 56.7. The smallest absolute Gasteiger partial charge is 1.00 e. The third kappa shape index (κ3) is 27.5. The maximum absolute atomic E-state index is 12.8. The number of anilines is 4. The molecule has 6 aromatic rings. The summed E-state index contributed by atoms with van der Waals surface area (Å²) in [6, 6.07) is 25.6. The first-order chi connectivity index (χ1) is 56.4. The predicted octanol–water partition coefficient (Wildman–Crippen LogP) is -1.90. The van der Waals surface area contributed by atoms with Gasteiger partial charge in [0.1, 0.15) is 0 Å². The zero-order valence-electron chi connectivity index (χ0n) is 69.6. The Hall–Kier alpha value is -6.48. The Labute approximate surface area is 792 Å². The van der Waals surface area contributed by atoms with E-state index in [1.165, 1.54) is 51.3 Å². The van der Waals surface area contributed by atoms with Gasteiger partial charge in [0.25, 0.3) is 30.1 Å². The number of piperazine rings is 4. The van der Waals surface area contributed by atoms with Gasteiger partial charge in [0.05, 0.1) is 5.56 Å². The largest absolute Gasteiger partial charge is 1.00 e. The fourth-order valence-corrected chi connectivity index (χ4v) is 17.1. The number of nitrogens with zero attached hydrogens (tertiary/aromatic N) is 12. The molecule has 2 aromatic heterocycles. The number of amides is 6. The average Bonchev–Trinajstić information content (AvgIpc) is 0.837. The van der Waals surface area contributed by atoms with Gasteiger partial charge < -0.3 is 88.2 Å². The zero-order valence-corrected chi connectivity index (χ0v) is 76.5. The summed E-state index contributed by atoms with van der Waals surface area (Å²) < 4.78 is 0. The van der Waals surface area contributed by atoms with E-state index in [1.54, 1.807) is 37.6 Å². The van der Waals surface area contributed by atoms with Crippen molar-refractivity contribution in [3.63, 3.8) is 0 Å². The zero-order chi connectivity index (χ0) is 82.0. The molecule has 6 amide bonds. The van der Waals surface area contributed by atoms with Gasteiger partial charge in [0.15, 0.2) is 5.01 Å². The minimum atomic E-state index is -0.958. The van der Waals surface area contributed by atoms with Gasteiger partial charge in [-0.3, -0.25) is 53.2 Å². The van der Waals surface area contributed by atoms with E-state index in [4.69, 9.17) is 25.4 Å². The number of aliphatic hydroxyl groups is 1. The SMILES string of the molecule is C.CC(=O)N1CCN(C2CN(C(=O)c3ccc4c(c3)CCCN4)C2)CC1.CC(=O)N1CCN(C2CNC2)CC1.CO.O=C(O)c1ccc2c(c1)CCCN2.O=C(O)c1nccs1.O=C(c1ccc2c(c1)CCCN2)N1CC(N2CCN(C(=O)c3nccs3)CC2)C1.O=C(c1ccc2c(c1)CCCN2)N1CC(N2CCNCC2)C1.O=CO[O-].[H-].[K+].[K+]. The number of fused-ring (bicyclic) bond motifs is 4. The number of carboxylic acid groups (broad SMARTS) is 2. The summed E-state index contributed by atoms with van der Waals surface area (Å²) in [6.45, 7) is 29.2. The second-order valence-electron chi connectivity index (χ2n) is 30.2. The number of hydrogen-bond donors (Lipinski definition) is 9. The molecule has 8 fully saturated rings. The van der Waals surface area contributed by atoms with Crippen LogP contribution >= 0.6 is 22.7 Å². The van der Waals surface area contributed by atoms with E-state index in [1.807, 2.05) is 71.2 Å². The van der Waals surface area contributed by atoms with E-state index in [0.29, 0.717) is 28.7 Å². The van der Waals surface area contributed by atoms with Crippen molar-refractivity contribution < 1.29 is 173 Å². The average molecular weight is 1730 g/mol. The summed E-state index contributed by atoms with van der Waals surface area (Å²) in [5.74, 6) is -0.933. The number of aryl methyl sites for hydroxylation is 4. The minimum absolute atomic E-state index is 0. The maximum atomic E-state index is 12.8. The van der Waals surface area contributed by atoms with Gasteiger partial charge in [0.2, 0.25) is 16.8 Å². The van der Waals surface area contributed by atoms with Crippen LogP contribution in [0.4, 0.5) is 22.7 Å². The van der Waals surface area contributed by atoms with Crippen molar-refractivity contribution in [2.24, 2.45) is 0 Å². The summed E-state index contributed by atoms with van der Waals surface area (Å²) in [7, 11) is 1.00. The second kappa shape index (κ2) is 49.7. The van der Waals surface area contributed by atoms with Crippen LogP contribution in [0.5, 0.6) is 0 Å². The maximum Gasteiger partial charge on any atom is 1.00 e. The van der Waals surface area contributed by atoms with E-state index in [9.17, 15) is 38.4 Å². The van der Waals surface area contributed by atoms with Crippen LogP contribution in [0.2, 0.25) is 0 Å². The standard InChI is InChI=1S/C21H25N5O2S.C19H26N4O2.C17H24N4O.C10H11NO2.C9H17N3O.C4H3NO2S.CH2O3.CH4O.CH4.2K.H/c27-20(16-3-4-18-15(12-16)2-1-5-22-18)26-13-17(14-26)24-7-9-25(10-8-24)21(28)19-23-6-11-29-19;1-14(24)21-7-9-22(10-8-21)17-12-23(13-17)19(25)16-4-5-18-15(11-16)3-2-6-20-18;22-17(14-3-4-16-13(10-14)2-1-5-19-16)21-11-15(12-21)20-8-6-18-7-9-20;12-10(13)8-3-4-9-7(6-8)2-1-5-11-9;1-8(13)11-2-4-12(5-3-11)9-6-10-7-9;6-4(7)3-5-1-2-8-3;2-1-4-3;1-2;;;;/h3-4,6,11-12,17,22H,1-2,5,7-10,13-14H2;4-5,11,17,20H,2-3,6-10,12-13H2,1H3;3-4,10,15,18-19H,1-2,5-9,11-12H2;3-4,6,11H,1-2,5H2,(H,12,13);9-10H,2-7H2,1H3;1-2H,(H,6,7);1,3H;2H,1H3;1H4;;;/q;;;;;;;;;2*+1;-1/p-1. The van der Waals surface area contributed by atoms with Gasteiger partial charge in [-0.05, 0) is 146 Å². The number of nitrogens with one attached hydrogen (secondary N) is 6. The third-order valence-electron chi connectivity index (χ3n) is 23.0. The Balaban J connectivity index is 0.000000202. The number of aromatic carboxylic acids is 2. The number of carbonyl (C=O) groups excluding carboxylic acids is 7. The van der Waals surface area contributed by atoms with Gasteiger partial charge in [-0.15, -0.1) is 22.7 Å². The molecule has 18 rings (SSSR count). The van der Waals surface area contributed by atoms with Crippen LogP contribution in [0, 0.1) is 0 Å². The molecule has 4 aromatic carbocycles. The summed E-state index contributed by atoms with van der Waals surface area (Å²) >= 11 is 2.51. The predicted molar refractivity (Wildman–Crippen MR) is 450 cm³/mol. The van der Waals surface area contributed by atoms with Crippen molar-refractivity contribution in [2.75, 3.05) is 212 Å². The molecular formula is C83H116K2N18O14S2. The summed E-state index contributed by atoms with van der Waals surface area (Å²) in [5.41, 5.74) is 12.4. The Bertz CT molecular complexity index is 4270. The number of carboxylic acids is 2. The molecule has 12 aliphatic heterocycles. The fraction of sp³-hybridized carbons (Fsp3) is 0.530. The molecule has 636 valence electrons. The Morgan fingerprint density at radius 2 is 0.731 bits per heavy atom. The second-order valence-corrected chi connectivity index (χ2v) is 32.0. The van der Waals surface area contributed by atoms with Crippen LogP contribution in [0.3, 0.4) is 0 Å². The summed E-state index contributed by atoms with van der Waals surface area (Å²) in [4.78, 5) is 134. The van der Waals surface area contributed by atoms with Crippen LogP contribution in [-0.2, 0) is 45.0 Å². The van der Waals surface area contributed by atoms with E-state index in [0.717, 1.165) is 287 Å². The molecule has 0 saturated carbocycles. The Morgan fingerprint density at radius 1 is 0.420 bits per heavy atom. The van der Waals surface area contributed by atoms with E-state index in [-0.39, 0.29) is 159 Å². The molecule has 12 aliphatic rings. The molecule has 8 saturated heterocycles. The number of thiazole rings is 2. The number of hydrogen-bond acceptors (Lipinski definition) is 26. The number of carbonyl (C=O) groups is 9. The van der Waals surface area contributed by atoms with Crippen LogP contribution in [0.25, 0.3) is 0 Å². The molecular weight excluding hydrogens is 1620 g/mol. The van der Waals surface area contributed by atoms with E-state index in [2.05, 4.69) is 90.6 Å². The molecule has 0 spiro atoms. The first kappa shape index (κ1) is 98.0. The monoisotopic (exact) mass is 1730 g/mol. The number of aliphatic hydroxyl groups excluding tert-OH is 1. The molecule has 9 N–H and O–H groups in total. The van der Waals surface area contributed by atoms with Crippen molar-refractivity contribution in [3.05, 3.63) is 150 Å². The van der Waals surface area contributed by atoms with Crippen molar-refractivity contribution in [1.29, 1.82) is 0 Å². The van der Waals surface area contributed by atoms with Crippen molar-refractivity contribution in [3.8, 4) is 0 Å². The third-order valence-corrected chi connectivity index (χ3v) is 24.5. The van der Waals surface area contributed by atoms with Crippen LogP contribution in [-0.4, -0.2) is 343 Å². The Kier molecular flexibility index (Phi) is 40.9. The number of aromatic nitrogens is 2. The first-order valence-electron chi connectivity index (χ1n) is 40.3. The molecule has 0 bridgehead atoms. The Morgan fingerprint density at radius 3 is 1.02 bits per heavy atom. The first-order valence-corrected chi connectivity index (χ1v) is 42.1. The number of rotatable bonds is 11. The molecule has 0 aliphatic carbocycles. The molecule has 119 heavy (non-hydrogen) atoms. The molecule has 36 heteroatoms. The normalized spacial score (nSPS) is 18.8. The topological polar surface area (TPSA) is 377 Å². The van der Waals surface area contributed by atoms with Crippen LogP contribution < -0.4 is 140 Å². The molecule has 32 nitrogen and oxygen atoms in total. The van der Waals surface area contributed by atoms with Gasteiger partial charge in [0, 0.05) is 291 Å². The van der Waals surface area contributed by atoms with Crippen LogP contribution in [0.1, 0.15) is 132 Å². The quantitative estimate of drug-likeness (QED) is 0.0296. The molecule has 0 radical (unpaired) electrons. The van der Waals surface area contributed by atoms with Gasteiger partial charge in [-0.1, -0.05) is 7.43 Å². The molecule has 14 heterocycles. The summed E-state index contributed by atoms with van der Waals surface area (Å²) in [6.07, 6.45) is 11.8. The number of likely N-dealkylation sites (tertiary alicyclic amines) is 3. The van der Waals surface area contributed by atoms with Gasteiger partial charge >= 0.3 is 115 Å². The van der Waals surface area contributed by atoms with Gasteiger partial charge in [-0.2, -0.15) is 0 Å². The van der Waals surface area contributed by atoms with Crippen molar-refractivity contribution in [2.45, 2.75) is 96.8 Å². The van der Waals surface area contributed by atoms with Crippen LogP contribution in [0.15, 0.2) is 96.0 Å². The van der Waals surface area contributed by atoms with Crippen molar-refractivity contribution in [1.82, 2.24) is 69.6 Å². The molecule has 0 unspecified atom stereocenters. The fourth-order valence-electron chi connectivity index (χ4n) is 16.0. The van der Waals surface area contributed by atoms with E-state index < -0.39 is 11.9 Å². The van der Waals surface area contributed by atoms with Crippen molar-refractivity contribution >= 4 is 99.3 Å². The molecule has 0 atom stereocenters. The minimum Gasteiger partial charge on any atom is -1.00 e.